The number of nitrogens with zero attached hydrogens (tertiary/aromatic N) is 2. The van der Waals surface area contributed by atoms with Crippen LogP contribution in [0.5, 0.6) is 0 Å². The monoisotopic (exact) mass is 412 g/mol. The van der Waals surface area contributed by atoms with Gasteiger partial charge >= 0.3 is 0 Å². The number of carbonyl (C=O) groups excluding carboxylic acids is 1. The molecule has 0 aliphatic heterocycles. The Morgan fingerprint density at radius 2 is 1.96 bits per heavy atom. The van der Waals surface area contributed by atoms with E-state index in [2.05, 4.69) is 5.16 Å². The molecule has 8 nitrogen and oxygen atoms in total. The molecule has 0 bridgehead atoms. The summed E-state index contributed by atoms with van der Waals surface area (Å²) in [5, 5.41) is 13.6. The van der Waals surface area contributed by atoms with E-state index in [9.17, 15) is 18.3 Å². The first-order valence-electron chi connectivity index (χ1n) is 9.30. The van der Waals surface area contributed by atoms with E-state index in [1.54, 1.807) is 19.1 Å². The molecule has 1 aromatic rings. The van der Waals surface area contributed by atoms with Crippen LogP contribution in [-0.2, 0) is 24.4 Å². The third kappa shape index (κ3) is 5.60. The molecule has 0 saturated heterocycles. The maximum Gasteiger partial charge on any atom is 0.242 e. The van der Waals surface area contributed by atoms with Gasteiger partial charge in [0.2, 0.25) is 10.0 Å². The second-order valence-electron chi connectivity index (χ2n) is 6.75. The van der Waals surface area contributed by atoms with Gasteiger partial charge in [0.25, 0.3) is 0 Å². The molecule has 0 radical (unpaired) electrons. The number of hydrogen-bond acceptors (Lipinski definition) is 7. The Morgan fingerprint density at radius 1 is 1.29 bits per heavy atom. The molecule has 0 unspecified atom stereocenters. The molecular formula is C19H28N2O6S. The lowest BCUT2D eigenvalue weighted by atomic mass is 10.1. The van der Waals surface area contributed by atoms with E-state index < -0.39 is 16.1 Å². The number of benzene rings is 1. The summed E-state index contributed by atoms with van der Waals surface area (Å²) in [5.41, 5.74) is 0.643. The highest BCUT2D eigenvalue weighted by molar-refractivity contribution is 7.89. The molecule has 28 heavy (non-hydrogen) atoms. The maximum atomic E-state index is 12.6. The molecule has 0 aromatic heterocycles. The lowest BCUT2D eigenvalue weighted by Gasteiger charge is -2.17. The number of oxime groups is 1. The van der Waals surface area contributed by atoms with Crippen molar-refractivity contribution in [1.29, 1.82) is 0 Å². The first-order valence-corrected chi connectivity index (χ1v) is 10.7. The number of aliphatic hydroxyl groups is 1. The first-order chi connectivity index (χ1) is 13.3. The summed E-state index contributed by atoms with van der Waals surface area (Å²) in [6, 6.07) is 6.00. The zero-order valence-corrected chi connectivity index (χ0v) is 17.3. The molecule has 0 heterocycles. The van der Waals surface area contributed by atoms with Gasteiger partial charge in [0.1, 0.15) is 6.10 Å². The van der Waals surface area contributed by atoms with Crippen LogP contribution in [0.15, 0.2) is 34.3 Å². The van der Waals surface area contributed by atoms with Crippen LogP contribution in [0.1, 0.15) is 38.2 Å². The zero-order chi connectivity index (χ0) is 20.7. The summed E-state index contributed by atoms with van der Waals surface area (Å²) in [6.45, 7) is 2.26. The Kier molecular flexibility index (Phi) is 8.11. The van der Waals surface area contributed by atoms with Gasteiger partial charge in [-0.1, -0.05) is 24.2 Å². The smallest absolute Gasteiger partial charge is 0.242 e. The van der Waals surface area contributed by atoms with Gasteiger partial charge in [-0.15, -0.1) is 0 Å². The summed E-state index contributed by atoms with van der Waals surface area (Å²) in [4.78, 5) is 17.9. The number of hydrogen-bond donors (Lipinski definition) is 1. The van der Waals surface area contributed by atoms with Gasteiger partial charge in [-0.05, 0) is 25.0 Å². The number of sulfonamides is 1. The predicted molar refractivity (Wildman–Crippen MR) is 105 cm³/mol. The molecular weight excluding hydrogens is 384 g/mol. The van der Waals surface area contributed by atoms with Gasteiger partial charge in [0.15, 0.2) is 11.5 Å². The molecule has 9 heteroatoms. The SMILES string of the molecule is CCC(=O)/C(=N/O[C@@H]1CC[C@@H](O)C1)c1ccc(S(=O)(=O)N(C)CCOC)cc1. The average Bonchev–Trinajstić information content (AvgIpc) is 3.11. The van der Waals surface area contributed by atoms with Crippen LogP contribution in [0.2, 0.25) is 0 Å². The van der Waals surface area contributed by atoms with Gasteiger partial charge in [-0.2, -0.15) is 4.31 Å². The summed E-state index contributed by atoms with van der Waals surface area (Å²) in [6.07, 6.45) is 1.45. The highest BCUT2D eigenvalue weighted by atomic mass is 32.2. The van der Waals surface area contributed by atoms with E-state index in [1.807, 2.05) is 0 Å². The number of Topliss-reactive ketones (excluding diaryl/α,β-unsaturated/α-hetero) is 1. The van der Waals surface area contributed by atoms with E-state index in [0.29, 0.717) is 31.4 Å². The van der Waals surface area contributed by atoms with Crippen molar-refractivity contribution < 1.29 is 27.9 Å². The second-order valence-corrected chi connectivity index (χ2v) is 8.80. The van der Waals surface area contributed by atoms with Crippen LogP contribution in [0.25, 0.3) is 0 Å². The number of methoxy groups -OCH3 is 1. The Balaban J connectivity index is 2.20. The fourth-order valence-corrected chi connectivity index (χ4v) is 4.03. The Hall–Kier alpha value is -1.81. The van der Waals surface area contributed by atoms with Crippen molar-refractivity contribution in [2.45, 2.75) is 49.7 Å². The highest BCUT2D eigenvalue weighted by Gasteiger charge is 2.25. The van der Waals surface area contributed by atoms with Crippen LogP contribution in [0.4, 0.5) is 0 Å². The van der Waals surface area contributed by atoms with E-state index in [0.717, 1.165) is 0 Å². The van der Waals surface area contributed by atoms with Crippen molar-refractivity contribution >= 4 is 21.5 Å². The number of carbonyl (C=O) groups is 1. The normalized spacial score (nSPS) is 20.5. The van der Waals surface area contributed by atoms with Crippen molar-refractivity contribution in [3.8, 4) is 0 Å². The standard InChI is InChI=1S/C19H28N2O6S/c1-4-18(23)19(20-27-16-8-7-15(22)13-16)14-5-9-17(10-6-14)28(24,25)21(2)11-12-26-3/h5-6,9-10,15-16,22H,4,7-8,11-13H2,1-3H3/b20-19+/t15-,16-/m1/s1. The molecule has 0 spiro atoms. The number of aliphatic hydroxyl groups excluding tert-OH is 1. The fraction of sp³-hybridized carbons (Fsp3) is 0.579. The summed E-state index contributed by atoms with van der Waals surface area (Å²) < 4.78 is 31.3. The minimum absolute atomic E-state index is 0.123. The molecule has 1 fully saturated rings. The molecule has 156 valence electrons. The fourth-order valence-electron chi connectivity index (χ4n) is 2.88. The van der Waals surface area contributed by atoms with Crippen LogP contribution >= 0.6 is 0 Å². The van der Waals surface area contributed by atoms with E-state index >= 15 is 0 Å². The minimum atomic E-state index is -3.64. The lowest BCUT2D eigenvalue weighted by Crippen LogP contribution is -2.30. The quantitative estimate of drug-likeness (QED) is 0.462. The van der Waals surface area contributed by atoms with Crippen molar-refractivity contribution in [3.05, 3.63) is 29.8 Å². The molecule has 1 aliphatic rings. The summed E-state index contributed by atoms with van der Waals surface area (Å²) >= 11 is 0. The van der Waals surface area contributed by atoms with Gasteiger partial charge < -0.3 is 14.7 Å². The third-order valence-electron chi connectivity index (χ3n) is 4.68. The lowest BCUT2D eigenvalue weighted by molar-refractivity contribution is -0.112. The van der Waals surface area contributed by atoms with Gasteiger partial charge in [0.05, 0.1) is 17.6 Å². The van der Waals surface area contributed by atoms with Crippen LogP contribution < -0.4 is 0 Å². The van der Waals surface area contributed by atoms with Gasteiger partial charge in [0, 0.05) is 39.1 Å². The molecule has 2 rings (SSSR count). The zero-order valence-electron chi connectivity index (χ0n) is 16.5. The van der Waals surface area contributed by atoms with Crippen LogP contribution in [-0.4, -0.2) is 68.8 Å². The number of ketones is 1. The van der Waals surface area contributed by atoms with E-state index in [1.165, 1.54) is 30.6 Å². The second kappa shape index (κ2) is 10.1. The molecule has 1 aromatic carbocycles. The van der Waals surface area contributed by atoms with Crippen molar-refractivity contribution in [2.24, 2.45) is 5.16 Å². The first kappa shape index (κ1) is 22.5. The predicted octanol–water partition coefficient (Wildman–Crippen LogP) is 1.57. The summed E-state index contributed by atoms with van der Waals surface area (Å²) in [7, 11) is -0.647. The molecule has 0 amide bonds. The van der Waals surface area contributed by atoms with Crippen LogP contribution in [0, 0.1) is 0 Å². The summed E-state index contributed by atoms with van der Waals surface area (Å²) in [5.74, 6) is -0.202. The van der Waals surface area contributed by atoms with E-state index in [-0.39, 0.29) is 35.5 Å². The van der Waals surface area contributed by atoms with Crippen molar-refractivity contribution in [3.63, 3.8) is 0 Å². The highest BCUT2D eigenvalue weighted by Crippen LogP contribution is 2.22. The van der Waals surface area contributed by atoms with Crippen LogP contribution in [0.3, 0.4) is 0 Å². The van der Waals surface area contributed by atoms with Crippen molar-refractivity contribution in [1.82, 2.24) is 4.31 Å². The largest absolute Gasteiger partial charge is 0.393 e. The number of rotatable bonds is 10. The average molecular weight is 413 g/mol. The Bertz CT molecular complexity index is 791. The third-order valence-corrected chi connectivity index (χ3v) is 6.55. The van der Waals surface area contributed by atoms with Crippen molar-refractivity contribution in [2.75, 3.05) is 27.3 Å². The molecule has 2 atom stereocenters. The molecule has 1 saturated carbocycles. The Morgan fingerprint density at radius 3 is 2.50 bits per heavy atom. The van der Waals surface area contributed by atoms with Gasteiger partial charge in [-0.3, -0.25) is 4.79 Å². The minimum Gasteiger partial charge on any atom is -0.393 e. The maximum absolute atomic E-state index is 12.6. The number of ether oxygens (including phenoxy) is 1. The van der Waals surface area contributed by atoms with Gasteiger partial charge in [-0.25, -0.2) is 8.42 Å². The Labute approximate surface area is 166 Å². The van der Waals surface area contributed by atoms with E-state index in [4.69, 9.17) is 9.57 Å². The molecule has 1 N–H and O–H groups in total. The molecule has 1 aliphatic carbocycles. The number of likely N-dealkylation sites (N-methyl/N-ethyl adjacent to an activating group) is 1. The topological polar surface area (TPSA) is 106 Å².